The maximum absolute atomic E-state index is 12.2. The molecule has 1 heterocycles. The Hall–Kier alpha value is -1.63. The lowest BCUT2D eigenvalue weighted by molar-refractivity contribution is 0.139. The first kappa shape index (κ1) is 18.2. The van der Waals surface area contributed by atoms with Crippen LogP contribution in [0.2, 0.25) is 0 Å². The largest absolute Gasteiger partial charge is 0.390 e. The smallest absolute Gasteiger partial charge is 0.315 e. The number of nitrogens with one attached hydrogen (secondary N) is 2. The Balaban J connectivity index is 1.39. The molecule has 2 amide bonds. The van der Waals surface area contributed by atoms with Crippen LogP contribution in [0.15, 0.2) is 24.3 Å². The molecule has 1 aromatic carbocycles. The van der Waals surface area contributed by atoms with Crippen LogP contribution >= 0.6 is 0 Å². The molecule has 3 rings (SSSR count). The molecule has 0 aromatic heterocycles. The molecule has 1 fully saturated rings. The van der Waals surface area contributed by atoms with E-state index < -0.39 is 6.10 Å². The minimum Gasteiger partial charge on any atom is -0.390 e. The van der Waals surface area contributed by atoms with Crippen LogP contribution in [0.5, 0.6) is 0 Å². The van der Waals surface area contributed by atoms with E-state index >= 15 is 0 Å². The number of aliphatic hydroxyl groups is 1. The molecule has 6 heteroatoms. The van der Waals surface area contributed by atoms with Gasteiger partial charge in [0.1, 0.15) is 0 Å². The fourth-order valence-corrected chi connectivity index (χ4v) is 3.93. The van der Waals surface area contributed by atoms with Crippen LogP contribution in [0, 0.1) is 0 Å². The van der Waals surface area contributed by atoms with Gasteiger partial charge in [-0.25, -0.2) is 4.79 Å². The Bertz CT molecular complexity index is 585. The lowest BCUT2D eigenvalue weighted by Gasteiger charge is -2.35. The highest BCUT2D eigenvalue weighted by Gasteiger charge is 2.31. The van der Waals surface area contributed by atoms with Gasteiger partial charge in [0, 0.05) is 25.6 Å². The topological polar surface area (TPSA) is 67.8 Å². The molecule has 138 valence electrons. The second-order valence-corrected chi connectivity index (χ2v) is 7.38. The molecular formula is C19H30N4O2. The van der Waals surface area contributed by atoms with Gasteiger partial charge in [0.15, 0.2) is 0 Å². The van der Waals surface area contributed by atoms with Crippen molar-refractivity contribution in [1.82, 2.24) is 20.4 Å². The Labute approximate surface area is 150 Å². The molecule has 25 heavy (non-hydrogen) atoms. The van der Waals surface area contributed by atoms with Gasteiger partial charge >= 0.3 is 6.03 Å². The van der Waals surface area contributed by atoms with E-state index in [0.717, 1.165) is 30.8 Å². The van der Waals surface area contributed by atoms with Gasteiger partial charge in [0.05, 0.1) is 12.1 Å². The fourth-order valence-electron chi connectivity index (χ4n) is 3.93. The van der Waals surface area contributed by atoms with E-state index in [-0.39, 0.29) is 12.1 Å². The van der Waals surface area contributed by atoms with E-state index in [4.69, 9.17) is 0 Å². The van der Waals surface area contributed by atoms with Crippen molar-refractivity contribution >= 4 is 6.03 Å². The fraction of sp³-hybridized carbons (Fsp3) is 0.632. The number of urea groups is 1. The molecule has 0 spiro atoms. The van der Waals surface area contributed by atoms with Crippen molar-refractivity contribution in [2.75, 3.05) is 40.3 Å². The predicted molar refractivity (Wildman–Crippen MR) is 98.6 cm³/mol. The number of carbonyl (C=O) groups excluding carboxylic acids is 1. The second-order valence-electron chi connectivity index (χ2n) is 7.38. The summed E-state index contributed by atoms with van der Waals surface area (Å²) in [5.74, 6) is 0. The SMILES string of the molecule is CN(C)C1CCN(CCNC(=O)NC2c3ccccc3CC2O)CC1. The number of hydrogen-bond donors (Lipinski definition) is 3. The van der Waals surface area contributed by atoms with E-state index in [2.05, 4.69) is 34.5 Å². The Morgan fingerprint density at radius 1 is 1.28 bits per heavy atom. The molecular weight excluding hydrogens is 316 g/mol. The van der Waals surface area contributed by atoms with E-state index in [1.54, 1.807) is 0 Å². The van der Waals surface area contributed by atoms with E-state index in [0.29, 0.717) is 19.0 Å². The van der Waals surface area contributed by atoms with Gasteiger partial charge in [0.25, 0.3) is 0 Å². The van der Waals surface area contributed by atoms with Crippen molar-refractivity contribution in [3.8, 4) is 0 Å². The van der Waals surface area contributed by atoms with Crippen molar-refractivity contribution < 1.29 is 9.90 Å². The molecule has 0 saturated carbocycles. The minimum atomic E-state index is -0.548. The lowest BCUT2D eigenvalue weighted by Crippen LogP contribution is -2.46. The molecule has 1 aliphatic carbocycles. The Kier molecular flexibility index (Phi) is 5.93. The van der Waals surface area contributed by atoms with Gasteiger partial charge in [-0.15, -0.1) is 0 Å². The van der Waals surface area contributed by atoms with Gasteiger partial charge in [0.2, 0.25) is 0 Å². The number of fused-ring (bicyclic) bond motifs is 1. The first-order valence-electron chi connectivity index (χ1n) is 9.23. The third kappa shape index (κ3) is 4.51. The number of likely N-dealkylation sites (tertiary alicyclic amines) is 1. The molecule has 6 nitrogen and oxygen atoms in total. The van der Waals surface area contributed by atoms with Gasteiger partial charge in [-0.1, -0.05) is 24.3 Å². The van der Waals surface area contributed by atoms with Crippen LogP contribution in [0.25, 0.3) is 0 Å². The first-order valence-corrected chi connectivity index (χ1v) is 9.23. The number of rotatable bonds is 5. The molecule has 2 unspecified atom stereocenters. The summed E-state index contributed by atoms with van der Waals surface area (Å²) in [5.41, 5.74) is 2.14. The zero-order valence-electron chi connectivity index (χ0n) is 15.2. The number of carbonyl (C=O) groups is 1. The van der Waals surface area contributed by atoms with Crippen LogP contribution in [-0.4, -0.2) is 73.4 Å². The van der Waals surface area contributed by atoms with Crippen molar-refractivity contribution in [2.45, 2.75) is 37.5 Å². The van der Waals surface area contributed by atoms with Crippen LogP contribution < -0.4 is 10.6 Å². The molecule has 1 aliphatic heterocycles. The first-order chi connectivity index (χ1) is 12.0. The highest BCUT2D eigenvalue weighted by atomic mass is 16.3. The molecule has 0 bridgehead atoms. The molecule has 2 aliphatic rings. The van der Waals surface area contributed by atoms with Crippen molar-refractivity contribution in [3.63, 3.8) is 0 Å². The predicted octanol–water partition coefficient (Wildman–Crippen LogP) is 0.970. The number of hydrogen-bond acceptors (Lipinski definition) is 4. The quantitative estimate of drug-likeness (QED) is 0.743. The molecule has 2 atom stereocenters. The van der Waals surface area contributed by atoms with E-state index in [1.807, 2.05) is 24.3 Å². The van der Waals surface area contributed by atoms with Gasteiger partial charge in [-0.2, -0.15) is 0 Å². The number of benzene rings is 1. The van der Waals surface area contributed by atoms with Crippen LogP contribution in [0.3, 0.4) is 0 Å². The van der Waals surface area contributed by atoms with Gasteiger partial charge in [-0.3, -0.25) is 0 Å². The maximum atomic E-state index is 12.2. The highest BCUT2D eigenvalue weighted by molar-refractivity contribution is 5.74. The van der Waals surface area contributed by atoms with Crippen LogP contribution in [0.4, 0.5) is 4.79 Å². The molecule has 0 radical (unpaired) electrons. The van der Waals surface area contributed by atoms with Crippen molar-refractivity contribution in [3.05, 3.63) is 35.4 Å². The minimum absolute atomic E-state index is 0.205. The number of nitrogens with zero attached hydrogens (tertiary/aromatic N) is 2. The Morgan fingerprint density at radius 2 is 2.00 bits per heavy atom. The normalized spacial score (nSPS) is 24.3. The summed E-state index contributed by atoms with van der Waals surface area (Å²) in [5, 5.41) is 16.1. The van der Waals surface area contributed by atoms with Crippen LogP contribution in [-0.2, 0) is 6.42 Å². The zero-order chi connectivity index (χ0) is 17.8. The summed E-state index contributed by atoms with van der Waals surface area (Å²) in [6.45, 7) is 3.67. The number of amides is 2. The van der Waals surface area contributed by atoms with E-state index in [9.17, 15) is 9.90 Å². The van der Waals surface area contributed by atoms with E-state index in [1.165, 1.54) is 12.8 Å². The zero-order valence-corrected chi connectivity index (χ0v) is 15.2. The van der Waals surface area contributed by atoms with Crippen LogP contribution in [0.1, 0.15) is 30.0 Å². The number of aliphatic hydroxyl groups excluding tert-OH is 1. The Morgan fingerprint density at radius 3 is 2.72 bits per heavy atom. The summed E-state index contributed by atoms with van der Waals surface area (Å²) in [4.78, 5) is 16.9. The average Bonchev–Trinajstić information content (AvgIpc) is 2.91. The average molecular weight is 346 g/mol. The molecule has 3 N–H and O–H groups in total. The van der Waals surface area contributed by atoms with Crippen molar-refractivity contribution in [2.24, 2.45) is 0 Å². The summed E-state index contributed by atoms with van der Waals surface area (Å²) in [7, 11) is 4.28. The highest BCUT2D eigenvalue weighted by Crippen LogP contribution is 2.30. The standard InChI is InChI=1S/C19H30N4O2/c1-22(2)15-7-10-23(11-8-15)12-9-20-19(25)21-18-16-6-4-3-5-14(16)13-17(18)24/h3-6,15,17-18,24H,7-13H2,1-2H3,(H2,20,21,25). The summed E-state index contributed by atoms with van der Waals surface area (Å²) < 4.78 is 0. The summed E-state index contributed by atoms with van der Waals surface area (Å²) >= 11 is 0. The van der Waals surface area contributed by atoms with Gasteiger partial charge in [-0.05, 0) is 51.2 Å². The maximum Gasteiger partial charge on any atom is 0.315 e. The summed E-state index contributed by atoms with van der Waals surface area (Å²) in [6.07, 6.45) is 2.42. The third-order valence-electron chi connectivity index (χ3n) is 5.49. The molecule has 1 saturated heterocycles. The number of piperidine rings is 1. The second kappa shape index (κ2) is 8.17. The third-order valence-corrected chi connectivity index (χ3v) is 5.49. The van der Waals surface area contributed by atoms with Crippen molar-refractivity contribution in [1.29, 1.82) is 0 Å². The monoisotopic (exact) mass is 346 g/mol. The molecule has 1 aromatic rings. The lowest BCUT2D eigenvalue weighted by atomic mass is 10.0. The van der Waals surface area contributed by atoms with Gasteiger partial charge < -0.3 is 25.5 Å². The summed E-state index contributed by atoms with van der Waals surface area (Å²) in [6, 6.07) is 8.06.